The van der Waals surface area contributed by atoms with Crippen molar-refractivity contribution in [2.75, 3.05) is 0 Å². The van der Waals surface area contributed by atoms with Crippen molar-refractivity contribution in [2.45, 2.75) is 67.3 Å². The van der Waals surface area contributed by atoms with Gasteiger partial charge in [0.1, 0.15) is 0 Å². The summed E-state index contributed by atoms with van der Waals surface area (Å²) in [6.45, 7) is 17.8. The Bertz CT molecular complexity index is 582. The molecule has 0 fully saturated rings. The van der Waals surface area contributed by atoms with Crippen LogP contribution in [0.2, 0.25) is 0 Å². The highest BCUT2D eigenvalue weighted by Crippen LogP contribution is 2.38. The van der Waals surface area contributed by atoms with Crippen LogP contribution in [-0.2, 0) is 0 Å². The number of allylic oxidation sites excluding steroid dienone is 2. The summed E-state index contributed by atoms with van der Waals surface area (Å²) in [4.78, 5) is 2.41. The van der Waals surface area contributed by atoms with Gasteiger partial charge in [0.05, 0.1) is 23.3 Å². The summed E-state index contributed by atoms with van der Waals surface area (Å²) < 4.78 is 2.15. The van der Waals surface area contributed by atoms with E-state index < -0.39 is 0 Å². The minimum atomic E-state index is 0.437. The minimum Gasteiger partial charge on any atom is -0.342 e. The molecule has 0 unspecified atom stereocenters. The van der Waals surface area contributed by atoms with E-state index in [0.717, 1.165) is 0 Å². The Balaban J connectivity index is 2.77. The van der Waals surface area contributed by atoms with Gasteiger partial charge in [-0.1, -0.05) is 33.3 Å². The zero-order valence-electron chi connectivity index (χ0n) is 14.7. The molecule has 3 nitrogen and oxygen atoms in total. The van der Waals surface area contributed by atoms with Crippen LogP contribution in [0.15, 0.2) is 18.0 Å². The fourth-order valence-electron chi connectivity index (χ4n) is 2.90. The second-order valence-electron chi connectivity index (χ2n) is 7.07. The van der Waals surface area contributed by atoms with Gasteiger partial charge in [0, 0.05) is 17.8 Å². The molecule has 116 valence electrons. The van der Waals surface area contributed by atoms with E-state index in [1.807, 2.05) is 6.20 Å². The summed E-state index contributed by atoms with van der Waals surface area (Å²) in [7, 11) is 0. The fourth-order valence-corrected chi connectivity index (χ4v) is 2.90. The van der Waals surface area contributed by atoms with E-state index in [2.05, 4.69) is 71.2 Å². The second-order valence-corrected chi connectivity index (χ2v) is 7.07. The molecule has 0 saturated carbocycles. The van der Waals surface area contributed by atoms with Crippen LogP contribution in [0.25, 0.3) is 11.4 Å². The van der Waals surface area contributed by atoms with Gasteiger partial charge in [0.15, 0.2) is 0 Å². The molecule has 1 aliphatic heterocycles. The van der Waals surface area contributed by atoms with Crippen molar-refractivity contribution < 1.29 is 0 Å². The molecule has 21 heavy (non-hydrogen) atoms. The van der Waals surface area contributed by atoms with E-state index in [0.29, 0.717) is 17.9 Å². The third-order valence-corrected chi connectivity index (χ3v) is 4.04. The van der Waals surface area contributed by atoms with Gasteiger partial charge in [-0.25, -0.2) is 4.68 Å². The number of fused-ring (bicyclic) bond motifs is 1. The summed E-state index contributed by atoms with van der Waals surface area (Å²) in [6, 6.07) is 0.437. The molecule has 0 spiro atoms. The summed E-state index contributed by atoms with van der Waals surface area (Å²) >= 11 is 0. The van der Waals surface area contributed by atoms with Crippen LogP contribution in [-0.4, -0.2) is 20.7 Å². The van der Waals surface area contributed by atoms with Crippen molar-refractivity contribution in [1.29, 1.82) is 0 Å². The topological polar surface area (TPSA) is 21.1 Å². The first-order valence-corrected chi connectivity index (χ1v) is 8.01. The van der Waals surface area contributed by atoms with Crippen molar-refractivity contribution in [3.63, 3.8) is 0 Å². The Morgan fingerprint density at radius 3 is 2.05 bits per heavy atom. The average Bonchev–Trinajstić information content (AvgIpc) is 2.80. The van der Waals surface area contributed by atoms with Crippen molar-refractivity contribution in [2.24, 2.45) is 5.92 Å². The van der Waals surface area contributed by atoms with Crippen molar-refractivity contribution in [3.05, 3.63) is 29.2 Å². The first-order chi connectivity index (χ1) is 9.75. The van der Waals surface area contributed by atoms with Gasteiger partial charge in [-0.05, 0) is 39.5 Å². The van der Waals surface area contributed by atoms with E-state index in [1.165, 1.54) is 28.2 Å². The lowest BCUT2D eigenvalue weighted by molar-refractivity contribution is 0.419. The smallest absolute Gasteiger partial charge is 0.0936 e. The van der Waals surface area contributed by atoms with E-state index in [4.69, 9.17) is 5.10 Å². The minimum absolute atomic E-state index is 0.437. The highest BCUT2D eigenvalue weighted by atomic mass is 15.3. The Morgan fingerprint density at radius 2 is 1.62 bits per heavy atom. The van der Waals surface area contributed by atoms with Gasteiger partial charge in [-0.2, -0.15) is 5.10 Å². The van der Waals surface area contributed by atoms with Crippen LogP contribution in [0.4, 0.5) is 0 Å². The number of hydrogen-bond acceptors (Lipinski definition) is 2. The van der Waals surface area contributed by atoms with E-state index in [1.54, 1.807) is 0 Å². The summed E-state index contributed by atoms with van der Waals surface area (Å²) in [5.74, 6) is 0.923. The van der Waals surface area contributed by atoms with Crippen LogP contribution in [0.1, 0.15) is 72.6 Å². The molecule has 0 saturated heterocycles. The Hall–Kier alpha value is -1.51. The monoisotopic (exact) mass is 287 g/mol. The molecule has 3 heteroatoms. The third-order valence-electron chi connectivity index (χ3n) is 4.04. The fraction of sp³-hybridized carbons (Fsp3) is 0.611. The number of rotatable bonds is 3. The highest BCUT2D eigenvalue weighted by Gasteiger charge is 2.30. The van der Waals surface area contributed by atoms with Gasteiger partial charge in [0.25, 0.3) is 0 Å². The van der Waals surface area contributed by atoms with Gasteiger partial charge in [0.2, 0.25) is 0 Å². The quantitative estimate of drug-likeness (QED) is 0.785. The Kier molecular flexibility index (Phi) is 4.31. The first kappa shape index (κ1) is 15.9. The molecule has 1 aliphatic rings. The van der Waals surface area contributed by atoms with Gasteiger partial charge in [-0.3, -0.25) is 0 Å². The number of hydrogen-bond donors (Lipinski definition) is 0. The lowest BCUT2D eigenvalue weighted by atomic mass is 9.97. The van der Waals surface area contributed by atoms with Crippen LogP contribution >= 0.6 is 0 Å². The zero-order chi connectivity index (χ0) is 15.9. The van der Waals surface area contributed by atoms with Crippen molar-refractivity contribution in [3.8, 4) is 0 Å². The summed E-state index contributed by atoms with van der Waals surface area (Å²) in [5.41, 5.74) is 6.55. The van der Waals surface area contributed by atoms with E-state index in [-0.39, 0.29) is 0 Å². The molecule has 0 amide bonds. The Labute approximate surface area is 129 Å². The van der Waals surface area contributed by atoms with E-state index in [9.17, 15) is 0 Å². The van der Waals surface area contributed by atoms with Crippen molar-refractivity contribution >= 4 is 11.4 Å². The second kappa shape index (κ2) is 5.70. The SMILES string of the molecule is CC(C)=C1c2c(C(C)C)cnn2C(C(C)C)=CN1C(C)C. The molecule has 0 aromatic carbocycles. The molecule has 2 rings (SSSR count). The molecule has 0 aliphatic carbocycles. The lowest BCUT2D eigenvalue weighted by Gasteiger charge is -2.36. The molecule has 1 aromatic rings. The highest BCUT2D eigenvalue weighted by molar-refractivity contribution is 5.75. The van der Waals surface area contributed by atoms with E-state index >= 15 is 0 Å². The first-order valence-electron chi connectivity index (χ1n) is 8.01. The van der Waals surface area contributed by atoms with Crippen LogP contribution in [0.3, 0.4) is 0 Å². The predicted molar refractivity (Wildman–Crippen MR) is 90.7 cm³/mol. The van der Waals surface area contributed by atoms with Crippen molar-refractivity contribution in [1.82, 2.24) is 14.7 Å². The van der Waals surface area contributed by atoms with Crippen LogP contribution in [0.5, 0.6) is 0 Å². The predicted octanol–water partition coefficient (Wildman–Crippen LogP) is 4.94. The maximum atomic E-state index is 4.69. The molecular formula is C18H29N3. The molecule has 2 heterocycles. The molecule has 1 aromatic heterocycles. The van der Waals surface area contributed by atoms with Gasteiger partial charge in [-0.15, -0.1) is 0 Å². The molecule has 0 N–H and O–H groups in total. The standard InChI is InChI=1S/C18H29N3/c1-11(2)15-9-19-21-16(12(3)4)10-20(14(7)8)17(13(5)6)18(15)21/h9-12,14H,1-8H3. The zero-order valence-corrected chi connectivity index (χ0v) is 14.7. The largest absolute Gasteiger partial charge is 0.342 e. The maximum Gasteiger partial charge on any atom is 0.0936 e. The molecule has 0 atom stereocenters. The van der Waals surface area contributed by atoms with Gasteiger partial charge < -0.3 is 4.90 Å². The summed E-state index contributed by atoms with van der Waals surface area (Å²) in [6.07, 6.45) is 4.32. The third kappa shape index (κ3) is 2.66. The Morgan fingerprint density at radius 1 is 1.00 bits per heavy atom. The van der Waals surface area contributed by atoms with Gasteiger partial charge >= 0.3 is 0 Å². The number of nitrogens with zero attached hydrogens (tertiary/aromatic N) is 3. The molecule has 0 radical (unpaired) electrons. The molecule has 0 bridgehead atoms. The van der Waals surface area contributed by atoms with Crippen LogP contribution < -0.4 is 0 Å². The lowest BCUT2D eigenvalue weighted by Crippen LogP contribution is -2.32. The number of aromatic nitrogens is 2. The summed E-state index contributed by atoms with van der Waals surface area (Å²) in [5, 5.41) is 4.69. The molecular weight excluding hydrogens is 258 g/mol. The maximum absolute atomic E-state index is 4.69. The van der Waals surface area contributed by atoms with Crippen LogP contribution in [0, 0.1) is 5.92 Å². The normalized spacial score (nSPS) is 15.1. The average molecular weight is 287 g/mol.